The molecule has 3 heterocycles. The van der Waals surface area contributed by atoms with Crippen LogP contribution in [0.1, 0.15) is 23.2 Å². The van der Waals surface area contributed by atoms with Crippen molar-refractivity contribution in [1.82, 2.24) is 14.7 Å². The summed E-state index contributed by atoms with van der Waals surface area (Å²) in [6.45, 7) is -0.333. The van der Waals surface area contributed by atoms with Crippen molar-refractivity contribution in [2.75, 3.05) is 19.8 Å². The largest absolute Gasteiger partial charge is 0.484 e. The van der Waals surface area contributed by atoms with Crippen LogP contribution in [0.4, 0.5) is 13.2 Å². The van der Waals surface area contributed by atoms with Crippen molar-refractivity contribution in [1.29, 1.82) is 0 Å². The quantitative estimate of drug-likeness (QED) is 0.321. The number of hydrogen-bond acceptors (Lipinski definition) is 7. The minimum absolute atomic E-state index is 0.00282. The van der Waals surface area contributed by atoms with E-state index in [1.807, 2.05) is 0 Å². The summed E-state index contributed by atoms with van der Waals surface area (Å²) >= 11 is 0. The third kappa shape index (κ3) is 5.83. The number of fused-ring (bicyclic) bond motifs is 1. The SMILES string of the molecule is O=C(NS(=O)(=O)c1cc(F)c(OCC2(F)CCOCC2)c(F)c1)c1ccccc1Oc1cnc2[nH]ccc2c1. The van der Waals surface area contributed by atoms with Crippen LogP contribution in [-0.4, -0.2) is 49.8 Å². The van der Waals surface area contributed by atoms with E-state index < -0.39 is 50.5 Å². The number of rotatable bonds is 8. The Hall–Kier alpha value is -4.10. The Kier molecular flexibility index (Phi) is 7.19. The van der Waals surface area contributed by atoms with E-state index >= 15 is 0 Å². The number of pyridine rings is 1. The van der Waals surface area contributed by atoms with E-state index in [1.54, 1.807) is 29.1 Å². The topological polar surface area (TPSA) is 120 Å². The minimum Gasteiger partial charge on any atom is -0.484 e. The van der Waals surface area contributed by atoms with Crippen molar-refractivity contribution >= 4 is 27.0 Å². The first-order valence-electron chi connectivity index (χ1n) is 11.8. The number of carbonyl (C=O) groups is 1. The lowest BCUT2D eigenvalue weighted by atomic mass is 9.98. The molecule has 39 heavy (non-hydrogen) atoms. The predicted molar refractivity (Wildman–Crippen MR) is 133 cm³/mol. The lowest BCUT2D eigenvalue weighted by Crippen LogP contribution is -2.37. The van der Waals surface area contributed by atoms with Crippen molar-refractivity contribution in [3.63, 3.8) is 0 Å². The number of halogens is 3. The molecule has 0 aliphatic carbocycles. The maximum atomic E-state index is 14.7. The highest BCUT2D eigenvalue weighted by molar-refractivity contribution is 7.90. The zero-order chi connectivity index (χ0) is 27.6. The van der Waals surface area contributed by atoms with Crippen LogP contribution in [0, 0.1) is 11.6 Å². The van der Waals surface area contributed by atoms with Gasteiger partial charge in [0.05, 0.1) is 16.7 Å². The van der Waals surface area contributed by atoms with Gasteiger partial charge in [0.15, 0.2) is 17.4 Å². The second-order valence-corrected chi connectivity index (χ2v) is 10.6. The molecule has 0 atom stereocenters. The molecule has 1 saturated heterocycles. The molecule has 1 aliphatic heterocycles. The number of H-pyrrole nitrogens is 1. The van der Waals surface area contributed by atoms with Gasteiger partial charge in [-0.3, -0.25) is 4.79 Å². The number of aromatic nitrogens is 2. The second kappa shape index (κ2) is 10.6. The van der Waals surface area contributed by atoms with Crippen LogP contribution in [0.3, 0.4) is 0 Å². The number of amides is 1. The molecule has 0 unspecified atom stereocenters. The fraction of sp³-hybridized carbons (Fsp3) is 0.231. The van der Waals surface area contributed by atoms with Crippen LogP contribution in [0.15, 0.2) is 65.8 Å². The van der Waals surface area contributed by atoms with E-state index in [0.29, 0.717) is 23.5 Å². The highest BCUT2D eigenvalue weighted by atomic mass is 32.2. The molecule has 1 aliphatic rings. The molecule has 5 rings (SSSR count). The van der Waals surface area contributed by atoms with Crippen molar-refractivity contribution in [2.24, 2.45) is 0 Å². The van der Waals surface area contributed by atoms with Gasteiger partial charge in [-0.25, -0.2) is 31.3 Å². The summed E-state index contributed by atoms with van der Waals surface area (Å²) in [7, 11) is -4.73. The number of sulfonamides is 1. The molecule has 9 nitrogen and oxygen atoms in total. The highest BCUT2D eigenvalue weighted by Crippen LogP contribution is 2.31. The molecule has 2 aromatic heterocycles. The molecule has 0 bridgehead atoms. The van der Waals surface area contributed by atoms with Gasteiger partial charge in [0.2, 0.25) is 0 Å². The number of nitrogens with zero attached hydrogens (tertiary/aromatic N) is 1. The first-order valence-corrected chi connectivity index (χ1v) is 13.3. The third-order valence-corrected chi connectivity index (χ3v) is 7.42. The van der Waals surface area contributed by atoms with E-state index in [0.717, 1.165) is 5.39 Å². The average molecular weight is 562 g/mol. The summed E-state index contributed by atoms with van der Waals surface area (Å²) in [5.74, 6) is -4.43. The van der Waals surface area contributed by atoms with Gasteiger partial charge in [-0.2, -0.15) is 0 Å². The standard InChI is InChI=1S/C26H22F3N3O6S/c27-20-12-18(13-21(28)23(20)37-15-26(29)6-9-36-10-7-26)39(34,35)32-25(33)19-3-1-2-4-22(19)38-17-11-16-5-8-30-24(16)31-14-17/h1-5,8,11-14H,6-7,9-10,15H2,(H,30,31)(H,32,33). The predicted octanol–water partition coefficient (Wildman–Crippen LogP) is 4.65. The molecule has 13 heteroatoms. The van der Waals surface area contributed by atoms with E-state index in [2.05, 4.69) is 9.97 Å². The zero-order valence-electron chi connectivity index (χ0n) is 20.2. The van der Waals surface area contributed by atoms with Gasteiger partial charge >= 0.3 is 0 Å². The Morgan fingerprint density at radius 1 is 1.10 bits per heavy atom. The average Bonchev–Trinajstić information content (AvgIpc) is 3.36. The van der Waals surface area contributed by atoms with Crippen LogP contribution >= 0.6 is 0 Å². The van der Waals surface area contributed by atoms with Gasteiger partial charge in [-0.1, -0.05) is 12.1 Å². The maximum absolute atomic E-state index is 14.7. The first-order chi connectivity index (χ1) is 18.6. The number of para-hydroxylation sites is 1. The molecular formula is C26H22F3N3O6S. The molecule has 0 spiro atoms. The van der Waals surface area contributed by atoms with Gasteiger partial charge in [0.25, 0.3) is 15.9 Å². The molecule has 2 N–H and O–H groups in total. The van der Waals surface area contributed by atoms with Crippen LogP contribution in [0.2, 0.25) is 0 Å². The Morgan fingerprint density at radius 3 is 2.56 bits per heavy atom. The van der Waals surface area contributed by atoms with Crippen molar-refractivity contribution in [2.45, 2.75) is 23.4 Å². The molecule has 1 amide bonds. The normalized spacial score (nSPS) is 15.2. The van der Waals surface area contributed by atoms with E-state index in [-0.39, 0.29) is 37.4 Å². The number of alkyl halides is 1. The number of aromatic amines is 1. The third-order valence-electron chi connectivity index (χ3n) is 6.11. The van der Waals surface area contributed by atoms with Gasteiger partial charge in [0, 0.05) is 37.6 Å². The van der Waals surface area contributed by atoms with E-state index in [9.17, 15) is 26.4 Å². The van der Waals surface area contributed by atoms with Crippen LogP contribution in [0.5, 0.6) is 17.2 Å². The lowest BCUT2D eigenvalue weighted by molar-refractivity contribution is -0.0335. The summed E-state index contributed by atoms with van der Waals surface area (Å²) in [6, 6.07) is 10.3. The number of hydrogen-bond donors (Lipinski definition) is 2. The van der Waals surface area contributed by atoms with Crippen LogP contribution < -0.4 is 14.2 Å². The maximum Gasteiger partial charge on any atom is 0.268 e. The fourth-order valence-corrected chi connectivity index (χ4v) is 4.98. The van der Waals surface area contributed by atoms with Gasteiger partial charge in [-0.15, -0.1) is 0 Å². The minimum atomic E-state index is -4.73. The lowest BCUT2D eigenvalue weighted by Gasteiger charge is -2.29. The van der Waals surface area contributed by atoms with Crippen molar-refractivity contribution in [3.05, 3.63) is 78.1 Å². The van der Waals surface area contributed by atoms with E-state index in [4.69, 9.17) is 14.2 Å². The van der Waals surface area contributed by atoms with E-state index in [1.165, 1.54) is 24.4 Å². The molecule has 2 aromatic carbocycles. The molecule has 0 radical (unpaired) electrons. The summed E-state index contributed by atoms with van der Waals surface area (Å²) in [5, 5.41) is 0.753. The Morgan fingerprint density at radius 2 is 1.82 bits per heavy atom. The summed E-state index contributed by atoms with van der Waals surface area (Å²) in [4.78, 5) is 19.2. The number of nitrogens with one attached hydrogen (secondary N) is 2. The fourth-order valence-electron chi connectivity index (χ4n) is 3.99. The number of carbonyl (C=O) groups excluding carboxylic acids is 1. The van der Waals surface area contributed by atoms with Crippen LogP contribution in [-0.2, 0) is 14.8 Å². The zero-order valence-corrected chi connectivity index (χ0v) is 21.1. The summed E-state index contributed by atoms with van der Waals surface area (Å²) in [6.07, 6.45) is 3.11. The molecule has 204 valence electrons. The molecular weight excluding hydrogens is 539 g/mol. The summed E-state index contributed by atoms with van der Waals surface area (Å²) < 4.78 is 87.4. The molecule has 1 fully saturated rings. The van der Waals surface area contributed by atoms with Gasteiger partial charge in [-0.05, 0) is 36.4 Å². The van der Waals surface area contributed by atoms with Crippen LogP contribution in [0.25, 0.3) is 11.0 Å². The second-order valence-electron chi connectivity index (χ2n) is 8.89. The Bertz CT molecular complexity index is 1610. The number of benzene rings is 2. The Labute approximate surface area is 221 Å². The molecule has 0 saturated carbocycles. The van der Waals surface area contributed by atoms with Crippen molar-refractivity contribution in [3.8, 4) is 17.2 Å². The summed E-state index contributed by atoms with van der Waals surface area (Å²) in [5.41, 5.74) is -1.35. The van der Waals surface area contributed by atoms with Gasteiger partial charge in [0.1, 0.15) is 29.4 Å². The first kappa shape index (κ1) is 26.5. The Balaban J connectivity index is 1.32. The van der Waals surface area contributed by atoms with Gasteiger partial charge < -0.3 is 19.2 Å². The monoisotopic (exact) mass is 561 g/mol. The highest BCUT2D eigenvalue weighted by Gasteiger charge is 2.34. The van der Waals surface area contributed by atoms with Crippen molar-refractivity contribution < 1.29 is 40.6 Å². The smallest absolute Gasteiger partial charge is 0.268 e. The molecule has 4 aromatic rings. The number of ether oxygens (including phenoxy) is 3.